The van der Waals surface area contributed by atoms with Gasteiger partial charge in [0.25, 0.3) is 0 Å². The highest BCUT2D eigenvalue weighted by atomic mass is 32.2. The lowest BCUT2D eigenvalue weighted by Crippen LogP contribution is -2.31. The third-order valence-electron chi connectivity index (χ3n) is 1.72. The second-order valence-electron chi connectivity index (χ2n) is 3.02. The molecular formula is C8H20N2O3S. The highest BCUT2D eigenvalue weighted by Gasteiger charge is 2.07. The van der Waals surface area contributed by atoms with Gasteiger partial charge in [-0.3, -0.25) is 0 Å². The second-order valence-corrected chi connectivity index (χ2v) is 4.94. The molecule has 0 aromatic heterocycles. The van der Waals surface area contributed by atoms with E-state index in [1.54, 1.807) is 14.2 Å². The highest BCUT2D eigenvalue weighted by Crippen LogP contribution is 1.89. The van der Waals surface area contributed by atoms with Gasteiger partial charge in [-0.05, 0) is 19.9 Å². The van der Waals surface area contributed by atoms with Crippen LogP contribution in [0.3, 0.4) is 0 Å². The minimum atomic E-state index is -3.08. The Balaban J connectivity index is 3.46. The van der Waals surface area contributed by atoms with Crippen LogP contribution in [0.2, 0.25) is 0 Å². The predicted octanol–water partition coefficient (Wildman–Crippen LogP) is -0.448. The molecule has 0 unspecified atom stereocenters. The van der Waals surface area contributed by atoms with Crippen LogP contribution in [0.1, 0.15) is 12.8 Å². The summed E-state index contributed by atoms with van der Waals surface area (Å²) in [7, 11) is 0.282. The molecule has 0 saturated heterocycles. The Morgan fingerprint density at radius 2 is 1.93 bits per heavy atom. The normalized spacial score (nSPS) is 11.9. The molecule has 0 spiro atoms. The van der Waals surface area contributed by atoms with E-state index >= 15 is 0 Å². The van der Waals surface area contributed by atoms with E-state index < -0.39 is 10.0 Å². The predicted molar refractivity (Wildman–Crippen MR) is 56.8 cm³/mol. The van der Waals surface area contributed by atoms with Gasteiger partial charge >= 0.3 is 0 Å². The van der Waals surface area contributed by atoms with Crippen molar-refractivity contribution in [3.8, 4) is 0 Å². The van der Waals surface area contributed by atoms with Crippen molar-refractivity contribution in [1.29, 1.82) is 0 Å². The smallest absolute Gasteiger partial charge is 0.212 e. The number of sulfonamides is 1. The van der Waals surface area contributed by atoms with E-state index in [0.29, 0.717) is 19.7 Å². The Morgan fingerprint density at radius 1 is 1.21 bits per heavy atom. The van der Waals surface area contributed by atoms with E-state index in [-0.39, 0.29) is 5.75 Å². The zero-order valence-corrected chi connectivity index (χ0v) is 9.69. The van der Waals surface area contributed by atoms with Crippen molar-refractivity contribution in [2.24, 2.45) is 0 Å². The second kappa shape index (κ2) is 8.16. The van der Waals surface area contributed by atoms with Crippen molar-refractivity contribution in [1.82, 2.24) is 10.0 Å². The summed E-state index contributed by atoms with van der Waals surface area (Å²) in [5.74, 6) is 0.133. The molecule has 86 valence electrons. The first-order valence-electron chi connectivity index (χ1n) is 4.73. The fourth-order valence-electron chi connectivity index (χ4n) is 0.908. The average molecular weight is 224 g/mol. The van der Waals surface area contributed by atoms with Crippen molar-refractivity contribution in [2.45, 2.75) is 12.8 Å². The van der Waals surface area contributed by atoms with Gasteiger partial charge in [0.05, 0.1) is 5.75 Å². The summed E-state index contributed by atoms with van der Waals surface area (Å²) in [5, 5.41) is 2.80. The molecule has 0 radical (unpaired) electrons. The summed E-state index contributed by atoms with van der Waals surface area (Å²) in [4.78, 5) is 0. The maximum absolute atomic E-state index is 11.2. The van der Waals surface area contributed by atoms with Gasteiger partial charge in [0, 0.05) is 26.8 Å². The molecule has 0 saturated carbocycles. The van der Waals surface area contributed by atoms with Crippen LogP contribution in [-0.4, -0.2) is 48.0 Å². The largest absolute Gasteiger partial charge is 0.385 e. The monoisotopic (exact) mass is 224 g/mol. The molecule has 0 fully saturated rings. The third-order valence-corrected chi connectivity index (χ3v) is 3.10. The standard InChI is InChI=1S/C8H20N2O3S/c1-9-6-8-14(11,12)10-5-3-4-7-13-2/h9-10H,3-8H2,1-2H3. The SMILES string of the molecule is CNCCS(=O)(=O)NCCCCOC. The molecule has 0 aromatic rings. The number of rotatable bonds is 9. The van der Waals surface area contributed by atoms with Crippen LogP contribution in [0, 0.1) is 0 Å². The maximum Gasteiger partial charge on any atom is 0.212 e. The number of methoxy groups -OCH3 is 1. The van der Waals surface area contributed by atoms with Crippen LogP contribution in [-0.2, 0) is 14.8 Å². The molecule has 14 heavy (non-hydrogen) atoms. The lowest BCUT2D eigenvalue weighted by atomic mass is 10.3. The molecule has 0 aliphatic rings. The van der Waals surface area contributed by atoms with Crippen LogP contribution in [0.5, 0.6) is 0 Å². The van der Waals surface area contributed by atoms with E-state index in [2.05, 4.69) is 10.0 Å². The van der Waals surface area contributed by atoms with Crippen molar-refractivity contribution >= 4 is 10.0 Å². The van der Waals surface area contributed by atoms with Crippen LogP contribution < -0.4 is 10.0 Å². The van der Waals surface area contributed by atoms with Gasteiger partial charge in [-0.2, -0.15) is 0 Å². The van der Waals surface area contributed by atoms with Gasteiger partial charge in [-0.1, -0.05) is 0 Å². The summed E-state index contributed by atoms with van der Waals surface area (Å²) < 4.78 is 29.9. The number of unbranched alkanes of at least 4 members (excludes halogenated alkanes) is 1. The molecular weight excluding hydrogens is 204 g/mol. The van der Waals surface area contributed by atoms with Gasteiger partial charge in [0.1, 0.15) is 0 Å². The van der Waals surface area contributed by atoms with Gasteiger partial charge in [0.2, 0.25) is 10.0 Å². The van der Waals surface area contributed by atoms with E-state index in [4.69, 9.17) is 4.74 Å². The van der Waals surface area contributed by atoms with E-state index in [1.807, 2.05) is 0 Å². The zero-order chi connectivity index (χ0) is 10.9. The zero-order valence-electron chi connectivity index (χ0n) is 8.88. The number of hydrogen-bond donors (Lipinski definition) is 2. The van der Waals surface area contributed by atoms with E-state index in [1.165, 1.54) is 0 Å². The first kappa shape index (κ1) is 13.8. The number of ether oxygens (including phenoxy) is 1. The lowest BCUT2D eigenvalue weighted by molar-refractivity contribution is 0.193. The Hall–Kier alpha value is -0.170. The molecule has 0 heterocycles. The molecule has 0 aliphatic heterocycles. The number of nitrogens with one attached hydrogen (secondary N) is 2. The van der Waals surface area contributed by atoms with Crippen LogP contribution in [0.15, 0.2) is 0 Å². The fraction of sp³-hybridized carbons (Fsp3) is 1.00. The molecule has 0 aromatic carbocycles. The Labute approximate surface area is 86.3 Å². The van der Waals surface area contributed by atoms with Crippen LogP contribution >= 0.6 is 0 Å². The van der Waals surface area contributed by atoms with Crippen LogP contribution in [0.25, 0.3) is 0 Å². The molecule has 0 rings (SSSR count). The van der Waals surface area contributed by atoms with E-state index in [9.17, 15) is 8.42 Å². The first-order valence-corrected chi connectivity index (χ1v) is 6.38. The summed E-state index contributed by atoms with van der Waals surface area (Å²) in [6.07, 6.45) is 1.69. The molecule has 5 nitrogen and oxygen atoms in total. The highest BCUT2D eigenvalue weighted by molar-refractivity contribution is 7.89. The van der Waals surface area contributed by atoms with Crippen molar-refractivity contribution in [2.75, 3.05) is 39.6 Å². The minimum Gasteiger partial charge on any atom is -0.385 e. The fourth-order valence-corrected chi connectivity index (χ4v) is 1.98. The molecule has 0 atom stereocenters. The number of hydrogen-bond acceptors (Lipinski definition) is 4. The van der Waals surface area contributed by atoms with Crippen LogP contribution in [0.4, 0.5) is 0 Å². The molecule has 0 bridgehead atoms. The summed E-state index contributed by atoms with van der Waals surface area (Å²) in [6, 6.07) is 0. The lowest BCUT2D eigenvalue weighted by Gasteiger charge is -2.05. The molecule has 0 amide bonds. The van der Waals surface area contributed by atoms with Gasteiger partial charge in [-0.15, -0.1) is 0 Å². The van der Waals surface area contributed by atoms with Crippen molar-refractivity contribution in [3.63, 3.8) is 0 Å². The van der Waals surface area contributed by atoms with Gasteiger partial charge in [-0.25, -0.2) is 13.1 Å². The quantitative estimate of drug-likeness (QED) is 0.521. The summed E-state index contributed by atoms with van der Waals surface area (Å²) in [6.45, 7) is 1.65. The Morgan fingerprint density at radius 3 is 2.50 bits per heavy atom. The molecule has 2 N–H and O–H groups in total. The van der Waals surface area contributed by atoms with E-state index in [0.717, 1.165) is 12.8 Å². The minimum absolute atomic E-state index is 0.133. The topological polar surface area (TPSA) is 67.4 Å². The van der Waals surface area contributed by atoms with Gasteiger partial charge < -0.3 is 10.1 Å². The third kappa shape index (κ3) is 8.43. The van der Waals surface area contributed by atoms with Gasteiger partial charge in [0.15, 0.2) is 0 Å². The van der Waals surface area contributed by atoms with Crippen molar-refractivity contribution < 1.29 is 13.2 Å². The summed E-state index contributed by atoms with van der Waals surface area (Å²) in [5.41, 5.74) is 0. The van der Waals surface area contributed by atoms with Crippen molar-refractivity contribution in [3.05, 3.63) is 0 Å². The summed E-state index contributed by atoms with van der Waals surface area (Å²) >= 11 is 0. The molecule has 6 heteroatoms. The first-order chi connectivity index (χ1) is 6.62. The average Bonchev–Trinajstić information content (AvgIpc) is 2.15. The molecule has 0 aliphatic carbocycles. The maximum atomic E-state index is 11.2. The Bertz CT molecular complexity index is 217. The Kier molecular flexibility index (Phi) is 8.07.